The Morgan fingerprint density at radius 1 is 1.47 bits per heavy atom. The van der Waals surface area contributed by atoms with E-state index < -0.39 is 4.92 Å². The second-order valence-corrected chi connectivity index (χ2v) is 4.38. The Kier molecular flexibility index (Phi) is 5.44. The number of nitrogens with one attached hydrogen (secondary N) is 2. The van der Waals surface area contributed by atoms with Crippen LogP contribution in [0.5, 0.6) is 0 Å². The summed E-state index contributed by atoms with van der Waals surface area (Å²) in [5, 5.41) is 16.8. The fourth-order valence-electron chi connectivity index (χ4n) is 1.83. The van der Waals surface area contributed by atoms with Gasteiger partial charge in [-0.05, 0) is 26.5 Å². The van der Waals surface area contributed by atoms with Gasteiger partial charge in [-0.25, -0.2) is 0 Å². The lowest BCUT2D eigenvalue weighted by Crippen LogP contribution is -2.39. The molecule has 0 saturated heterocycles. The monoisotopic (exact) mass is 265 g/mol. The molecule has 1 aromatic carbocycles. The Bertz CT molecular complexity index is 474. The highest BCUT2D eigenvalue weighted by molar-refractivity contribution is 5.96. The van der Waals surface area contributed by atoms with Crippen LogP contribution in [0.4, 0.5) is 5.69 Å². The number of nitrogens with zero attached hydrogens (tertiary/aromatic N) is 1. The van der Waals surface area contributed by atoms with Crippen LogP contribution in [0.15, 0.2) is 18.2 Å². The van der Waals surface area contributed by atoms with E-state index in [0.29, 0.717) is 17.7 Å². The van der Waals surface area contributed by atoms with Crippen LogP contribution in [0.3, 0.4) is 0 Å². The van der Waals surface area contributed by atoms with Gasteiger partial charge in [0.05, 0.1) is 4.92 Å². The molecule has 104 valence electrons. The number of amides is 1. The summed E-state index contributed by atoms with van der Waals surface area (Å²) in [6.45, 7) is 6.84. The number of nitro benzene ring substituents is 1. The van der Waals surface area contributed by atoms with E-state index in [4.69, 9.17) is 0 Å². The Balaban J connectivity index is 2.78. The molecule has 2 N–H and O–H groups in total. The number of benzene rings is 1. The van der Waals surface area contributed by atoms with Crippen molar-refractivity contribution in [2.24, 2.45) is 0 Å². The number of likely N-dealkylation sites (N-methyl/N-ethyl adjacent to an activating group) is 1. The molecule has 0 unspecified atom stereocenters. The molecule has 0 bridgehead atoms. The lowest BCUT2D eigenvalue weighted by Gasteiger charge is -2.14. The van der Waals surface area contributed by atoms with Gasteiger partial charge in [0.15, 0.2) is 0 Å². The van der Waals surface area contributed by atoms with Crippen LogP contribution in [0, 0.1) is 17.0 Å². The maximum absolute atomic E-state index is 12.0. The largest absolute Gasteiger partial charge is 0.350 e. The second-order valence-electron chi connectivity index (χ2n) is 4.38. The van der Waals surface area contributed by atoms with Crippen molar-refractivity contribution < 1.29 is 9.72 Å². The van der Waals surface area contributed by atoms with E-state index in [2.05, 4.69) is 10.6 Å². The van der Waals surface area contributed by atoms with Crippen LogP contribution >= 0.6 is 0 Å². The van der Waals surface area contributed by atoms with E-state index in [1.807, 2.05) is 13.8 Å². The molecule has 1 rings (SSSR count). The third-order valence-corrected chi connectivity index (χ3v) is 2.87. The normalized spacial score (nSPS) is 11.9. The molecular weight excluding hydrogens is 246 g/mol. The third kappa shape index (κ3) is 4.03. The van der Waals surface area contributed by atoms with Crippen LogP contribution in [0.1, 0.15) is 29.8 Å². The molecule has 0 heterocycles. The summed E-state index contributed by atoms with van der Waals surface area (Å²) in [5.74, 6) is -0.286. The van der Waals surface area contributed by atoms with Crippen LogP contribution in [0.2, 0.25) is 0 Å². The third-order valence-electron chi connectivity index (χ3n) is 2.87. The summed E-state index contributed by atoms with van der Waals surface area (Å²) in [6, 6.07) is 4.67. The Hall–Kier alpha value is -1.95. The molecule has 6 heteroatoms. The molecule has 0 fully saturated rings. The van der Waals surface area contributed by atoms with Crippen molar-refractivity contribution in [1.82, 2.24) is 10.6 Å². The minimum Gasteiger partial charge on any atom is -0.350 e. The number of rotatable bonds is 6. The van der Waals surface area contributed by atoms with Crippen molar-refractivity contribution in [3.63, 3.8) is 0 Å². The van der Waals surface area contributed by atoms with Gasteiger partial charge in [-0.1, -0.05) is 13.0 Å². The van der Waals surface area contributed by atoms with Gasteiger partial charge in [0.1, 0.15) is 0 Å². The molecule has 1 amide bonds. The fraction of sp³-hybridized carbons (Fsp3) is 0.462. The SMILES string of the molecule is CCN[C@H](C)CNC(=O)c1cccc([N+](=O)[O-])c1C. The molecule has 0 saturated carbocycles. The second kappa shape index (κ2) is 6.84. The Labute approximate surface area is 112 Å². The van der Waals surface area contributed by atoms with E-state index in [0.717, 1.165) is 6.54 Å². The Morgan fingerprint density at radius 2 is 2.16 bits per heavy atom. The predicted molar refractivity (Wildman–Crippen MR) is 73.3 cm³/mol. The highest BCUT2D eigenvalue weighted by Gasteiger charge is 2.17. The summed E-state index contributed by atoms with van der Waals surface area (Å²) in [6.07, 6.45) is 0. The van der Waals surface area contributed by atoms with Gasteiger partial charge in [-0.3, -0.25) is 14.9 Å². The van der Waals surface area contributed by atoms with Crippen molar-refractivity contribution in [1.29, 1.82) is 0 Å². The van der Waals surface area contributed by atoms with Crippen LogP contribution in [-0.2, 0) is 0 Å². The van der Waals surface area contributed by atoms with Gasteiger partial charge in [-0.15, -0.1) is 0 Å². The van der Waals surface area contributed by atoms with Crippen molar-refractivity contribution in [3.8, 4) is 0 Å². The zero-order chi connectivity index (χ0) is 14.4. The average molecular weight is 265 g/mol. The maximum Gasteiger partial charge on any atom is 0.273 e. The van der Waals surface area contributed by atoms with E-state index in [1.54, 1.807) is 13.0 Å². The molecule has 19 heavy (non-hydrogen) atoms. The van der Waals surface area contributed by atoms with E-state index in [-0.39, 0.29) is 17.6 Å². The van der Waals surface area contributed by atoms with Gasteiger partial charge in [0.25, 0.3) is 11.6 Å². The molecule has 1 aromatic rings. The minimum atomic E-state index is -0.479. The van der Waals surface area contributed by atoms with Gasteiger partial charge >= 0.3 is 0 Å². The average Bonchev–Trinajstić information content (AvgIpc) is 2.36. The van der Waals surface area contributed by atoms with Crippen molar-refractivity contribution in [2.75, 3.05) is 13.1 Å². The first-order valence-electron chi connectivity index (χ1n) is 6.23. The van der Waals surface area contributed by atoms with Gasteiger partial charge in [0.2, 0.25) is 0 Å². The van der Waals surface area contributed by atoms with Gasteiger partial charge < -0.3 is 10.6 Å². The number of hydrogen-bond donors (Lipinski definition) is 2. The number of hydrogen-bond acceptors (Lipinski definition) is 4. The van der Waals surface area contributed by atoms with Gasteiger partial charge in [0, 0.05) is 29.8 Å². The first kappa shape index (κ1) is 15.1. The first-order valence-corrected chi connectivity index (χ1v) is 6.23. The molecule has 0 aliphatic carbocycles. The standard InChI is InChI=1S/C13H19N3O3/c1-4-14-9(2)8-15-13(17)11-6-5-7-12(10(11)3)16(18)19/h5-7,9,14H,4,8H2,1-3H3,(H,15,17)/t9-/m1/s1. The number of nitro groups is 1. The minimum absolute atomic E-state index is 0.0348. The highest BCUT2D eigenvalue weighted by Crippen LogP contribution is 2.20. The number of carbonyl (C=O) groups is 1. The van der Waals surface area contributed by atoms with E-state index in [9.17, 15) is 14.9 Å². The van der Waals surface area contributed by atoms with Crippen molar-refractivity contribution in [2.45, 2.75) is 26.8 Å². The quantitative estimate of drug-likeness (QED) is 0.605. The topological polar surface area (TPSA) is 84.3 Å². The summed E-state index contributed by atoms with van der Waals surface area (Å²) < 4.78 is 0. The summed E-state index contributed by atoms with van der Waals surface area (Å²) in [4.78, 5) is 22.3. The zero-order valence-electron chi connectivity index (χ0n) is 11.4. The van der Waals surface area contributed by atoms with Crippen LogP contribution < -0.4 is 10.6 Å². The molecule has 1 atom stereocenters. The molecule has 0 spiro atoms. The van der Waals surface area contributed by atoms with Crippen LogP contribution in [-0.4, -0.2) is 30.0 Å². The molecule has 0 aliphatic rings. The van der Waals surface area contributed by atoms with Gasteiger partial charge in [-0.2, -0.15) is 0 Å². The zero-order valence-corrected chi connectivity index (χ0v) is 11.4. The Morgan fingerprint density at radius 3 is 2.74 bits per heavy atom. The van der Waals surface area contributed by atoms with Crippen LogP contribution in [0.25, 0.3) is 0 Å². The smallest absolute Gasteiger partial charge is 0.273 e. The number of carbonyl (C=O) groups excluding carboxylic acids is 1. The lowest BCUT2D eigenvalue weighted by molar-refractivity contribution is -0.385. The summed E-state index contributed by atoms with van der Waals surface area (Å²) in [5.41, 5.74) is 0.700. The summed E-state index contributed by atoms with van der Waals surface area (Å²) >= 11 is 0. The summed E-state index contributed by atoms with van der Waals surface area (Å²) in [7, 11) is 0. The molecule has 0 aromatic heterocycles. The fourth-order valence-corrected chi connectivity index (χ4v) is 1.83. The first-order chi connectivity index (χ1) is 8.97. The predicted octanol–water partition coefficient (Wildman–Crippen LogP) is 1.63. The molecule has 0 aliphatic heterocycles. The molecule has 0 radical (unpaired) electrons. The molecular formula is C13H19N3O3. The lowest BCUT2D eigenvalue weighted by atomic mass is 10.1. The van der Waals surface area contributed by atoms with Crippen molar-refractivity contribution >= 4 is 11.6 Å². The van der Waals surface area contributed by atoms with Crippen molar-refractivity contribution in [3.05, 3.63) is 39.4 Å². The molecule has 6 nitrogen and oxygen atoms in total. The van der Waals surface area contributed by atoms with E-state index >= 15 is 0 Å². The van der Waals surface area contributed by atoms with E-state index in [1.165, 1.54) is 12.1 Å². The highest BCUT2D eigenvalue weighted by atomic mass is 16.6. The maximum atomic E-state index is 12.0.